The number of carbonyl (C=O) groups excluding carboxylic acids is 1. The lowest BCUT2D eigenvalue weighted by molar-refractivity contribution is -0.146. The topological polar surface area (TPSA) is 86.6 Å². The summed E-state index contributed by atoms with van der Waals surface area (Å²) in [6, 6.07) is 3.23. The summed E-state index contributed by atoms with van der Waals surface area (Å²) < 4.78 is 25.5. The summed E-state index contributed by atoms with van der Waals surface area (Å²) in [7, 11) is 0. The van der Waals surface area contributed by atoms with Crippen molar-refractivity contribution in [3.05, 3.63) is 29.8 Å². The number of halogens is 2. The quantitative estimate of drug-likeness (QED) is 0.669. The van der Waals surface area contributed by atoms with Crippen LogP contribution < -0.4 is 5.32 Å². The van der Waals surface area contributed by atoms with Crippen LogP contribution in [-0.4, -0.2) is 40.5 Å². The van der Waals surface area contributed by atoms with Gasteiger partial charge in [0.25, 0.3) is 0 Å². The number of benzene rings is 1. The Kier molecular flexibility index (Phi) is 5.71. The monoisotopic (exact) mass is 291 g/mol. The van der Waals surface area contributed by atoms with Crippen molar-refractivity contribution < 1.29 is 28.6 Å². The lowest BCUT2D eigenvalue weighted by atomic mass is 10.3. The van der Waals surface area contributed by atoms with E-state index in [-0.39, 0.29) is 5.75 Å². The van der Waals surface area contributed by atoms with E-state index in [9.17, 15) is 18.4 Å². The van der Waals surface area contributed by atoms with E-state index in [1.165, 1.54) is 6.07 Å². The number of amides is 1. The minimum absolute atomic E-state index is 0.0998. The molecule has 0 bridgehead atoms. The van der Waals surface area contributed by atoms with E-state index < -0.39 is 36.2 Å². The Labute approximate surface area is 111 Å². The average Bonchev–Trinajstić information content (AvgIpc) is 2.37. The van der Waals surface area contributed by atoms with Crippen molar-refractivity contribution in [1.29, 1.82) is 0 Å². The fourth-order valence-electron chi connectivity index (χ4n) is 1.06. The Morgan fingerprint density at radius 1 is 1.32 bits per heavy atom. The van der Waals surface area contributed by atoms with Crippen LogP contribution in [0.3, 0.4) is 0 Å². The molecule has 0 saturated heterocycles. The summed E-state index contributed by atoms with van der Waals surface area (Å²) in [5.74, 6) is -4.04. The van der Waals surface area contributed by atoms with E-state index in [1.54, 1.807) is 0 Å². The third kappa shape index (κ3) is 5.23. The Bertz CT molecular complexity index is 484. The molecule has 1 amide bonds. The first-order valence-corrected chi connectivity index (χ1v) is 6.14. The normalized spacial score (nSPS) is 11.9. The van der Waals surface area contributed by atoms with Crippen molar-refractivity contribution in [3.63, 3.8) is 0 Å². The summed E-state index contributed by atoms with van der Waals surface area (Å²) in [6.07, 6.45) is -1.67. The second kappa shape index (κ2) is 7.05. The van der Waals surface area contributed by atoms with Crippen molar-refractivity contribution >= 4 is 23.6 Å². The van der Waals surface area contributed by atoms with Crippen LogP contribution in [0.15, 0.2) is 23.1 Å². The summed E-state index contributed by atoms with van der Waals surface area (Å²) in [4.78, 5) is 21.9. The van der Waals surface area contributed by atoms with Crippen molar-refractivity contribution in [2.24, 2.45) is 0 Å². The fraction of sp³-hybridized carbons (Fsp3) is 0.273. The van der Waals surface area contributed by atoms with Gasteiger partial charge in [0.2, 0.25) is 5.91 Å². The molecule has 0 spiro atoms. The standard InChI is InChI=1S/C11H11F2NO4S/c12-7-2-1-6(3-8(7)13)19-5-10(16)14-4-9(15)11(17)18/h1-3,9,15H,4-5H2,(H,14,16)(H,17,18). The van der Waals surface area contributed by atoms with E-state index >= 15 is 0 Å². The lowest BCUT2D eigenvalue weighted by Crippen LogP contribution is -2.37. The van der Waals surface area contributed by atoms with Gasteiger partial charge in [0.15, 0.2) is 17.7 Å². The van der Waals surface area contributed by atoms with E-state index in [2.05, 4.69) is 5.32 Å². The number of aliphatic carboxylic acids is 1. The van der Waals surface area contributed by atoms with Gasteiger partial charge in [0, 0.05) is 4.90 Å². The van der Waals surface area contributed by atoms with Gasteiger partial charge in [-0.05, 0) is 18.2 Å². The molecule has 1 rings (SSSR count). The number of nitrogens with one attached hydrogen (secondary N) is 1. The molecule has 19 heavy (non-hydrogen) atoms. The summed E-state index contributed by atoms with van der Waals surface area (Å²) in [6.45, 7) is -0.410. The van der Waals surface area contributed by atoms with Gasteiger partial charge in [0.1, 0.15) is 0 Å². The fourth-order valence-corrected chi connectivity index (χ4v) is 1.82. The van der Waals surface area contributed by atoms with E-state index in [1.807, 2.05) is 0 Å². The molecule has 0 heterocycles. The predicted molar refractivity (Wildman–Crippen MR) is 63.7 cm³/mol. The Hall–Kier alpha value is -1.67. The Morgan fingerprint density at radius 2 is 2.00 bits per heavy atom. The first-order chi connectivity index (χ1) is 8.90. The van der Waals surface area contributed by atoms with Crippen molar-refractivity contribution in [3.8, 4) is 0 Å². The zero-order chi connectivity index (χ0) is 14.4. The molecule has 0 aliphatic carbocycles. The van der Waals surface area contributed by atoms with Gasteiger partial charge in [0.05, 0.1) is 12.3 Å². The summed E-state index contributed by atoms with van der Waals surface area (Å²) in [5.41, 5.74) is 0. The highest BCUT2D eigenvalue weighted by Gasteiger charge is 2.14. The number of aliphatic hydroxyl groups excluding tert-OH is 1. The van der Waals surface area contributed by atoms with Crippen LogP contribution in [0.1, 0.15) is 0 Å². The molecule has 0 saturated carbocycles. The van der Waals surface area contributed by atoms with Gasteiger partial charge in [-0.25, -0.2) is 13.6 Å². The number of carbonyl (C=O) groups is 2. The van der Waals surface area contributed by atoms with Crippen LogP contribution in [0.2, 0.25) is 0 Å². The predicted octanol–water partition coefficient (Wildman–Crippen LogP) is 0.619. The average molecular weight is 291 g/mol. The second-order valence-corrected chi connectivity index (χ2v) is 4.57. The van der Waals surface area contributed by atoms with Gasteiger partial charge >= 0.3 is 5.97 Å². The maximum Gasteiger partial charge on any atom is 0.334 e. The molecule has 0 aromatic heterocycles. The van der Waals surface area contributed by atoms with Crippen LogP contribution in [0.4, 0.5) is 8.78 Å². The smallest absolute Gasteiger partial charge is 0.334 e. The zero-order valence-corrected chi connectivity index (χ0v) is 10.4. The highest BCUT2D eigenvalue weighted by molar-refractivity contribution is 8.00. The molecule has 0 aliphatic heterocycles. The molecule has 1 unspecified atom stereocenters. The minimum Gasteiger partial charge on any atom is -0.479 e. The number of aliphatic hydroxyl groups is 1. The van der Waals surface area contributed by atoms with Gasteiger partial charge in [-0.1, -0.05) is 0 Å². The molecule has 1 aromatic carbocycles. The van der Waals surface area contributed by atoms with Gasteiger partial charge < -0.3 is 15.5 Å². The first kappa shape index (κ1) is 15.4. The molecular weight excluding hydrogens is 280 g/mol. The van der Waals surface area contributed by atoms with Gasteiger partial charge in [-0.2, -0.15) is 0 Å². The highest BCUT2D eigenvalue weighted by atomic mass is 32.2. The minimum atomic E-state index is -1.67. The molecule has 0 radical (unpaired) electrons. The number of carboxylic acids is 1. The van der Waals surface area contributed by atoms with Crippen LogP contribution >= 0.6 is 11.8 Å². The molecule has 3 N–H and O–H groups in total. The molecule has 1 aromatic rings. The molecule has 1 atom stereocenters. The lowest BCUT2D eigenvalue weighted by Gasteiger charge is -2.07. The maximum absolute atomic E-state index is 12.9. The maximum atomic E-state index is 12.9. The molecule has 8 heteroatoms. The van der Waals surface area contributed by atoms with E-state index in [4.69, 9.17) is 10.2 Å². The number of rotatable bonds is 6. The highest BCUT2D eigenvalue weighted by Crippen LogP contribution is 2.19. The third-order valence-corrected chi connectivity index (χ3v) is 3.03. The second-order valence-electron chi connectivity index (χ2n) is 3.52. The van der Waals surface area contributed by atoms with Crippen molar-refractivity contribution in [2.75, 3.05) is 12.3 Å². The van der Waals surface area contributed by atoms with E-state index in [0.717, 1.165) is 23.9 Å². The molecular formula is C11H11F2NO4S. The molecule has 0 aliphatic rings. The van der Waals surface area contributed by atoms with Crippen molar-refractivity contribution in [1.82, 2.24) is 5.32 Å². The third-order valence-electron chi connectivity index (χ3n) is 2.04. The van der Waals surface area contributed by atoms with Crippen LogP contribution in [0.5, 0.6) is 0 Å². The number of hydrogen-bond donors (Lipinski definition) is 3. The Balaban J connectivity index is 2.37. The Morgan fingerprint density at radius 3 is 2.58 bits per heavy atom. The van der Waals surface area contributed by atoms with Crippen LogP contribution in [0, 0.1) is 11.6 Å². The molecule has 5 nitrogen and oxygen atoms in total. The van der Waals surface area contributed by atoms with Crippen LogP contribution in [0.25, 0.3) is 0 Å². The summed E-state index contributed by atoms with van der Waals surface area (Å²) >= 11 is 0.964. The van der Waals surface area contributed by atoms with Gasteiger partial charge in [-0.15, -0.1) is 11.8 Å². The first-order valence-electron chi connectivity index (χ1n) is 5.15. The SMILES string of the molecule is O=C(CSc1ccc(F)c(F)c1)NCC(O)C(=O)O. The van der Waals surface area contributed by atoms with Crippen molar-refractivity contribution in [2.45, 2.75) is 11.0 Å². The number of hydrogen-bond acceptors (Lipinski definition) is 4. The number of carboxylic acid groups (broad SMARTS) is 1. The largest absolute Gasteiger partial charge is 0.479 e. The number of thioether (sulfide) groups is 1. The van der Waals surface area contributed by atoms with E-state index in [0.29, 0.717) is 4.90 Å². The summed E-state index contributed by atoms with van der Waals surface area (Å²) in [5, 5.41) is 19.5. The zero-order valence-electron chi connectivity index (χ0n) is 9.60. The molecule has 0 fully saturated rings. The molecule has 104 valence electrons. The van der Waals surface area contributed by atoms with Gasteiger partial charge in [-0.3, -0.25) is 4.79 Å². The van der Waals surface area contributed by atoms with Crippen LogP contribution in [-0.2, 0) is 9.59 Å².